The Kier molecular flexibility index (Phi) is 3.97. The van der Waals surface area contributed by atoms with Gasteiger partial charge in [-0.2, -0.15) is 0 Å². The molecule has 18 heavy (non-hydrogen) atoms. The highest BCUT2D eigenvalue weighted by Gasteiger charge is 2.26. The molecular formula is C14H18N2OS. The van der Waals surface area contributed by atoms with Crippen molar-refractivity contribution in [1.82, 2.24) is 4.90 Å². The monoisotopic (exact) mass is 262 g/mol. The van der Waals surface area contributed by atoms with Gasteiger partial charge in [-0.25, -0.2) is 4.99 Å². The molecule has 0 radical (unpaired) electrons. The van der Waals surface area contributed by atoms with E-state index in [0.29, 0.717) is 11.0 Å². The van der Waals surface area contributed by atoms with Crippen molar-refractivity contribution >= 4 is 23.5 Å². The van der Waals surface area contributed by atoms with Gasteiger partial charge in [0.2, 0.25) is 0 Å². The first-order valence-electron chi connectivity index (χ1n) is 6.10. The lowest BCUT2D eigenvalue weighted by atomic mass is 10.1. The average molecular weight is 262 g/mol. The number of thiocarbonyl (C=S) groups is 1. The van der Waals surface area contributed by atoms with Crippen molar-refractivity contribution in [3.63, 3.8) is 0 Å². The van der Waals surface area contributed by atoms with E-state index in [1.165, 1.54) is 5.56 Å². The molecule has 4 heteroatoms. The molecule has 0 N–H and O–H groups in total. The molecule has 0 spiro atoms. The summed E-state index contributed by atoms with van der Waals surface area (Å²) < 4.78 is 5.17. The maximum atomic E-state index is 5.29. The highest BCUT2D eigenvalue weighted by atomic mass is 32.1. The maximum Gasteiger partial charge on any atom is 0.195 e. The lowest BCUT2D eigenvalue weighted by molar-refractivity contribution is 0.352. The number of aliphatic imine (C=N–C) groups is 1. The molecule has 1 aromatic carbocycles. The molecule has 0 fully saturated rings. The summed E-state index contributed by atoms with van der Waals surface area (Å²) in [6.07, 6.45) is 1.92. The van der Waals surface area contributed by atoms with Gasteiger partial charge in [0.05, 0.1) is 13.2 Å². The largest absolute Gasteiger partial charge is 0.497 e. The molecule has 0 aliphatic carbocycles. The highest BCUT2D eigenvalue weighted by Crippen LogP contribution is 2.26. The Morgan fingerprint density at radius 3 is 2.56 bits per heavy atom. The second-order valence-corrected chi connectivity index (χ2v) is 5.19. The zero-order valence-corrected chi connectivity index (χ0v) is 11.8. The van der Waals surface area contributed by atoms with Gasteiger partial charge in [-0.3, -0.25) is 0 Å². The van der Waals surface area contributed by atoms with Gasteiger partial charge in [0.15, 0.2) is 5.11 Å². The summed E-state index contributed by atoms with van der Waals surface area (Å²) in [5.41, 5.74) is 1.19. The zero-order chi connectivity index (χ0) is 13.1. The van der Waals surface area contributed by atoms with E-state index >= 15 is 0 Å². The first kappa shape index (κ1) is 13.0. The van der Waals surface area contributed by atoms with Crippen molar-refractivity contribution in [3.8, 4) is 5.75 Å². The number of hydrogen-bond donors (Lipinski definition) is 0. The van der Waals surface area contributed by atoms with E-state index in [-0.39, 0.29) is 6.04 Å². The van der Waals surface area contributed by atoms with E-state index in [2.05, 4.69) is 35.9 Å². The lowest BCUT2D eigenvalue weighted by Crippen LogP contribution is -2.31. The molecule has 0 amide bonds. The van der Waals surface area contributed by atoms with Crippen molar-refractivity contribution in [3.05, 3.63) is 29.8 Å². The second kappa shape index (κ2) is 5.48. The number of rotatable bonds is 4. The van der Waals surface area contributed by atoms with Crippen LogP contribution >= 0.6 is 12.2 Å². The molecule has 1 heterocycles. The third-order valence-corrected chi connectivity index (χ3v) is 3.27. The van der Waals surface area contributed by atoms with Gasteiger partial charge in [-0.15, -0.1) is 0 Å². The summed E-state index contributed by atoms with van der Waals surface area (Å²) in [6, 6.07) is 8.23. The van der Waals surface area contributed by atoms with Crippen LogP contribution in [0.4, 0.5) is 0 Å². The number of ether oxygens (including phenoxy) is 1. The van der Waals surface area contributed by atoms with E-state index in [9.17, 15) is 0 Å². The smallest absolute Gasteiger partial charge is 0.195 e. The highest BCUT2D eigenvalue weighted by molar-refractivity contribution is 7.80. The maximum absolute atomic E-state index is 5.29. The molecule has 0 bridgehead atoms. The molecular weight excluding hydrogens is 244 g/mol. The Morgan fingerprint density at radius 2 is 2.00 bits per heavy atom. The van der Waals surface area contributed by atoms with Crippen LogP contribution in [0.15, 0.2) is 29.3 Å². The first-order valence-corrected chi connectivity index (χ1v) is 6.51. The lowest BCUT2D eigenvalue weighted by Gasteiger charge is -2.26. The number of nitrogens with zero attached hydrogens (tertiary/aromatic N) is 2. The summed E-state index contributed by atoms with van der Waals surface area (Å²) in [5.74, 6) is 1.43. The molecule has 2 rings (SSSR count). The van der Waals surface area contributed by atoms with Gasteiger partial charge in [0, 0.05) is 12.8 Å². The summed E-state index contributed by atoms with van der Waals surface area (Å²) in [4.78, 5) is 6.44. The zero-order valence-electron chi connectivity index (χ0n) is 11.0. The summed E-state index contributed by atoms with van der Waals surface area (Å²) in [6.45, 7) is 5.30. The Balaban J connectivity index is 2.19. The quantitative estimate of drug-likeness (QED) is 0.780. The molecule has 96 valence electrons. The number of benzene rings is 1. The number of hydrogen-bond acceptors (Lipinski definition) is 2. The Morgan fingerprint density at radius 1 is 1.33 bits per heavy atom. The van der Waals surface area contributed by atoms with Crippen molar-refractivity contribution < 1.29 is 4.74 Å². The van der Waals surface area contributed by atoms with Crippen LogP contribution in [-0.4, -0.2) is 29.9 Å². The van der Waals surface area contributed by atoms with E-state index in [0.717, 1.165) is 12.3 Å². The van der Waals surface area contributed by atoms with E-state index in [4.69, 9.17) is 17.0 Å². The third-order valence-electron chi connectivity index (χ3n) is 2.93. The minimum atomic E-state index is 0.158. The summed E-state index contributed by atoms with van der Waals surface area (Å²) in [7, 11) is 1.67. The fourth-order valence-electron chi connectivity index (χ4n) is 2.06. The fraction of sp³-hybridized carbons (Fsp3) is 0.429. The van der Waals surface area contributed by atoms with Crippen LogP contribution in [0.25, 0.3) is 0 Å². The third kappa shape index (κ3) is 2.70. The Bertz CT molecular complexity index is 453. The second-order valence-electron chi connectivity index (χ2n) is 4.82. The molecule has 0 saturated carbocycles. The van der Waals surface area contributed by atoms with Crippen LogP contribution in [0.1, 0.15) is 25.5 Å². The van der Waals surface area contributed by atoms with Crippen LogP contribution in [0.2, 0.25) is 0 Å². The summed E-state index contributed by atoms with van der Waals surface area (Å²) >= 11 is 5.29. The molecule has 1 aromatic rings. The predicted molar refractivity (Wildman–Crippen MR) is 78.4 cm³/mol. The SMILES string of the molecule is COc1ccc([C@@H]2C=NC(=S)N2CC(C)C)cc1. The normalized spacial score (nSPS) is 18.8. The van der Waals surface area contributed by atoms with Gasteiger partial charge in [0.1, 0.15) is 5.75 Å². The van der Waals surface area contributed by atoms with Crippen molar-refractivity contribution in [2.24, 2.45) is 10.9 Å². The molecule has 0 aromatic heterocycles. The van der Waals surface area contributed by atoms with E-state index < -0.39 is 0 Å². The van der Waals surface area contributed by atoms with Gasteiger partial charge >= 0.3 is 0 Å². The van der Waals surface area contributed by atoms with Gasteiger partial charge in [0.25, 0.3) is 0 Å². The standard InChI is InChI=1S/C14H18N2OS/c1-10(2)9-16-13(8-15-14(16)18)11-4-6-12(17-3)7-5-11/h4-8,10,13H,9H2,1-3H3/t13-/m0/s1. The Hall–Kier alpha value is -1.42. The van der Waals surface area contributed by atoms with Gasteiger partial charge in [-0.1, -0.05) is 26.0 Å². The van der Waals surface area contributed by atoms with Gasteiger partial charge < -0.3 is 9.64 Å². The fourth-order valence-corrected chi connectivity index (χ4v) is 2.31. The predicted octanol–water partition coefficient (Wildman–Crippen LogP) is 3.06. The first-order chi connectivity index (χ1) is 8.61. The topological polar surface area (TPSA) is 24.8 Å². The minimum Gasteiger partial charge on any atom is -0.497 e. The Labute approximate surface area is 113 Å². The van der Waals surface area contributed by atoms with Crippen molar-refractivity contribution in [1.29, 1.82) is 0 Å². The van der Waals surface area contributed by atoms with Crippen LogP contribution in [0, 0.1) is 5.92 Å². The average Bonchev–Trinajstić information content (AvgIpc) is 2.71. The summed E-state index contributed by atoms with van der Waals surface area (Å²) in [5, 5.41) is 0.685. The molecule has 0 unspecified atom stereocenters. The van der Waals surface area contributed by atoms with Crippen LogP contribution in [0.5, 0.6) is 5.75 Å². The van der Waals surface area contributed by atoms with Crippen LogP contribution < -0.4 is 4.74 Å². The van der Waals surface area contributed by atoms with E-state index in [1.807, 2.05) is 18.3 Å². The minimum absolute atomic E-state index is 0.158. The molecule has 1 atom stereocenters. The van der Waals surface area contributed by atoms with Crippen molar-refractivity contribution in [2.75, 3.05) is 13.7 Å². The van der Waals surface area contributed by atoms with Crippen molar-refractivity contribution in [2.45, 2.75) is 19.9 Å². The van der Waals surface area contributed by atoms with Gasteiger partial charge in [-0.05, 0) is 35.8 Å². The van der Waals surface area contributed by atoms with Crippen LogP contribution in [-0.2, 0) is 0 Å². The molecule has 1 aliphatic heterocycles. The van der Waals surface area contributed by atoms with Crippen LogP contribution in [0.3, 0.4) is 0 Å². The number of methoxy groups -OCH3 is 1. The van der Waals surface area contributed by atoms with E-state index in [1.54, 1.807) is 7.11 Å². The molecule has 3 nitrogen and oxygen atoms in total. The molecule has 0 saturated heterocycles. The molecule has 1 aliphatic rings.